The molecule has 0 rings (SSSR count). The van der Waals surface area contributed by atoms with Crippen molar-refractivity contribution in [2.24, 2.45) is 0 Å². The Morgan fingerprint density at radius 2 is 0.672 bits per heavy atom. The van der Waals surface area contributed by atoms with E-state index in [9.17, 15) is 20.1 Å². The molecule has 0 spiro atoms. The standard InChI is InChI=1S/C56H107NO4/c1-3-5-7-9-11-13-15-17-18-19-20-21-22-23-24-25-26-27-28-29-30-31-32-33-34-35-36-37-39-41-43-45-47-49-51-55(60)56(61)57-53(52-58)54(59)50-48-46-44-42-40-38-16-14-12-10-8-6-4-2/h25-26,40,42,48,50,53-55,58-60H,3-24,27-39,41,43-47,49,51-52H2,1-2H3,(H,57,61)/b26-25-,42-40+,50-48+. The van der Waals surface area contributed by atoms with E-state index in [4.69, 9.17) is 0 Å². The van der Waals surface area contributed by atoms with Crippen LogP contribution in [0.15, 0.2) is 36.5 Å². The highest BCUT2D eigenvalue weighted by atomic mass is 16.3. The minimum absolute atomic E-state index is 0.375. The number of unbranched alkanes of at least 4 members (excludes halogenated alkanes) is 38. The number of carbonyl (C=O) groups is 1. The number of aliphatic hydroxyl groups is 3. The molecule has 0 radical (unpaired) electrons. The Balaban J connectivity index is 3.50. The maximum absolute atomic E-state index is 12.5. The second kappa shape index (κ2) is 51.2. The summed E-state index contributed by atoms with van der Waals surface area (Å²) >= 11 is 0. The number of carbonyl (C=O) groups excluding carboxylic acids is 1. The number of rotatable bonds is 50. The smallest absolute Gasteiger partial charge is 0.249 e. The van der Waals surface area contributed by atoms with Gasteiger partial charge in [0.25, 0.3) is 0 Å². The van der Waals surface area contributed by atoms with E-state index in [1.807, 2.05) is 6.08 Å². The van der Waals surface area contributed by atoms with Gasteiger partial charge in [-0.15, -0.1) is 0 Å². The van der Waals surface area contributed by atoms with Gasteiger partial charge in [-0.3, -0.25) is 4.79 Å². The van der Waals surface area contributed by atoms with Gasteiger partial charge in [0.15, 0.2) is 0 Å². The van der Waals surface area contributed by atoms with E-state index in [-0.39, 0.29) is 6.61 Å². The summed E-state index contributed by atoms with van der Waals surface area (Å²) in [7, 11) is 0. The number of amides is 1. The Morgan fingerprint density at radius 3 is 1.00 bits per heavy atom. The molecule has 0 aliphatic rings. The lowest BCUT2D eigenvalue weighted by atomic mass is 10.0. The number of allylic oxidation sites excluding steroid dienone is 5. The van der Waals surface area contributed by atoms with Crippen LogP contribution in [-0.4, -0.2) is 46.1 Å². The normalized spacial score (nSPS) is 13.6. The van der Waals surface area contributed by atoms with Crippen molar-refractivity contribution in [1.29, 1.82) is 0 Å². The average molecular weight is 858 g/mol. The molecular formula is C56H107NO4. The summed E-state index contributed by atoms with van der Waals surface area (Å²) in [5.74, 6) is -0.511. The number of aliphatic hydroxyl groups excluding tert-OH is 3. The number of hydrogen-bond acceptors (Lipinski definition) is 4. The van der Waals surface area contributed by atoms with Crippen LogP contribution in [-0.2, 0) is 4.79 Å². The van der Waals surface area contributed by atoms with Gasteiger partial charge in [0, 0.05) is 0 Å². The van der Waals surface area contributed by atoms with E-state index in [1.165, 1.54) is 231 Å². The zero-order chi connectivity index (χ0) is 44.4. The molecule has 0 heterocycles. The summed E-state index contributed by atoms with van der Waals surface area (Å²) in [6, 6.07) is -0.813. The van der Waals surface area contributed by atoms with Crippen molar-refractivity contribution >= 4 is 5.91 Å². The van der Waals surface area contributed by atoms with Crippen molar-refractivity contribution in [3.63, 3.8) is 0 Å². The second-order valence-corrected chi connectivity index (χ2v) is 18.8. The van der Waals surface area contributed by atoms with E-state index in [0.29, 0.717) is 6.42 Å². The first-order valence-corrected chi connectivity index (χ1v) is 27.3. The van der Waals surface area contributed by atoms with Crippen LogP contribution in [0.25, 0.3) is 0 Å². The van der Waals surface area contributed by atoms with Crippen molar-refractivity contribution in [3.05, 3.63) is 36.5 Å². The Hall–Kier alpha value is -1.43. The summed E-state index contributed by atoms with van der Waals surface area (Å²) in [6.45, 7) is 4.18. The molecule has 5 heteroatoms. The van der Waals surface area contributed by atoms with Crippen LogP contribution in [0.5, 0.6) is 0 Å². The molecule has 0 fully saturated rings. The highest BCUT2D eigenvalue weighted by molar-refractivity contribution is 5.80. The van der Waals surface area contributed by atoms with Gasteiger partial charge in [0.05, 0.1) is 18.8 Å². The van der Waals surface area contributed by atoms with Gasteiger partial charge in [-0.2, -0.15) is 0 Å². The van der Waals surface area contributed by atoms with Gasteiger partial charge >= 0.3 is 0 Å². The van der Waals surface area contributed by atoms with Crippen molar-refractivity contribution < 1.29 is 20.1 Å². The predicted molar refractivity (Wildman–Crippen MR) is 268 cm³/mol. The molecule has 360 valence electrons. The fourth-order valence-electron chi connectivity index (χ4n) is 8.43. The average Bonchev–Trinajstić information content (AvgIpc) is 3.26. The summed E-state index contributed by atoms with van der Waals surface area (Å²) in [5.41, 5.74) is 0. The molecule has 0 aromatic heterocycles. The minimum Gasteiger partial charge on any atom is -0.394 e. The highest BCUT2D eigenvalue weighted by Gasteiger charge is 2.22. The van der Waals surface area contributed by atoms with Gasteiger partial charge < -0.3 is 20.6 Å². The maximum Gasteiger partial charge on any atom is 0.249 e. The zero-order valence-electron chi connectivity index (χ0n) is 41.1. The van der Waals surface area contributed by atoms with E-state index in [0.717, 1.165) is 38.5 Å². The first-order valence-electron chi connectivity index (χ1n) is 27.3. The third-order valence-electron chi connectivity index (χ3n) is 12.7. The quantitative estimate of drug-likeness (QED) is 0.0362. The molecule has 3 atom stereocenters. The molecule has 0 aromatic carbocycles. The molecule has 0 aliphatic heterocycles. The molecule has 3 unspecified atom stereocenters. The largest absolute Gasteiger partial charge is 0.394 e. The van der Waals surface area contributed by atoms with Crippen molar-refractivity contribution in [1.82, 2.24) is 5.32 Å². The van der Waals surface area contributed by atoms with Crippen molar-refractivity contribution in [3.8, 4) is 0 Å². The SMILES string of the molecule is CCCCCCCCC/C=C/CC/C=C/C(O)C(CO)NC(=O)C(O)CCCCCCCCCCCCCCCCCC/C=C\CCCCCCCCCCCCCCCC. The summed E-state index contributed by atoms with van der Waals surface area (Å²) in [4.78, 5) is 12.5. The Morgan fingerprint density at radius 1 is 0.393 bits per heavy atom. The Bertz CT molecular complexity index is 947. The predicted octanol–water partition coefficient (Wildman–Crippen LogP) is 16.7. The summed E-state index contributed by atoms with van der Waals surface area (Å²) < 4.78 is 0. The first kappa shape index (κ1) is 59.6. The summed E-state index contributed by atoms with van der Waals surface area (Å²) in [6.07, 6.45) is 66.6. The number of hydrogen-bond donors (Lipinski definition) is 4. The Kier molecular flexibility index (Phi) is 50.0. The van der Waals surface area contributed by atoms with Gasteiger partial charge in [0.2, 0.25) is 5.91 Å². The van der Waals surface area contributed by atoms with Gasteiger partial charge in [-0.05, 0) is 57.8 Å². The zero-order valence-corrected chi connectivity index (χ0v) is 41.1. The van der Waals surface area contributed by atoms with Crippen molar-refractivity contribution in [2.75, 3.05) is 6.61 Å². The molecule has 0 saturated carbocycles. The third-order valence-corrected chi connectivity index (χ3v) is 12.7. The van der Waals surface area contributed by atoms with E-state index >= 15 is 0 Å². The van der Waals surface area contributed by atoms with Crippen LogP contribution < -0.4 is 5.32 Å². The van der Waals surface area contributed by atoms with Crippen LogP contribution in [0.3, 0.4) is 0 Å². The lowest BCUT2D eigenvalue weighted by molar-refractivity contribution is -0.131. The third kappa shape index (κ3) is 46.4. The lowest BCUT2D eigenvalue weighted by Gasteiger charge is -2.21. The van der Waals surface area contributed by atoms with Crippen LogP contribution in [0, 0.1) is 0 Å². The van der Waals surface area contributed by atoms with E-state index in [2.05, 4.69) is 43.5 Å². The lowest BCUT2D eigenvalue weighted by Crippen LogP contribution is -2.48. The molecule has 0 saturated heterocycles. The number of nitrogens with one attached hydrogen (secondary N) is 1. The molecule has 0 aliphatic carbocycles. The molecule has 1 amide bonds. The molecule has 4 N–H and O–H groups in total. The Labute approximate surface area is 381 Å². The molecule has 0 bridgehead atoms. The minimum atomic E-state index is -1.10. The van der Waals surface area contributed by atoms with E-state index in [1.54, 1.807) is 6.08 Å². The molecular weight excluding hydrogens is 751 g/mol. The second-order valence-electron chi connectivity index (χ2n) is 18.8. The van der Waals surface area contributed by atoms with Gasteiger partial charge in [-0.1, -0.05) is 269 Å². The topological polar surface area (TPSA) is 89.8 Å². The van der Waals surface area contributed by atoms with Crippen molar-refractivity contribution in [2.45, 2.75) is 308 Å². The fourth-order valence-corrected chi connectivity index (χ4v) is 8.43. The molecule has 61 heavy (non-hydrogen) atoms. The summed E-state index contributed by atoms with van der Waals surface area (Å²) in [5, 5.41) is 33.2. The van der Waals surface area contributed by atoms with Gasteiger partial charge in [-0.25, -0.2) is 0 Å². The highest BCUT2D eigenvalue weighted by Crippen LogP contribution is 2.17. The van der Waals surface area contributed by atoms with Crippen LogP contribution >= 0.6 is 0 Å². The monoisotopic (exact) mass is 858 g/mol. The molecule has 0 aromatic rings. The first-order chi connectivity index (χ1) is 30.1. The van der Waals surface area contributed by atoms with Crippen LogP contribution in [0.1, 0.15) is 290 Å². The fraction of sp³-hybridized carbons (Fsp3) is 0.875. The maximum atomic E-state index is 12.5. The van der Waals surface area contributed by atoms with Crippen LogP contribution in [0.2, 0.25) is 0 Å². The molecule has 5 nitrogen and oxygen atoms in total. The van der Waals surface area contributed by atoms with Crippen LogP contribution in [0.4, 0.5) is 0 Å². The van der Waals surface area contributed by atoms with E-state index < -0.39 is 24.2 Å². The van der Waals surface area contributed by atoms with Gasteiger partial charge in [0.1, 0.15) is 6.10 Å².